The van der Waals surface area contributed by atoms with E-state index in [0.29, 0.717) is 43.1 Å². The molecule has 1 aromatic carbocycles. The average Bonchev–Trinajstić information content (AvgIpc) is 3.15. The van der Waals surface area contributed by atoms with Gasteiger partial charge in [-0.05, 0) is 31.2 Å². The van der Waals surface area contributed by atoms with Crippen molar-refractivity contribution < 1.29 is 9.72 Å². The third kappa shape index (κ3) is 3.16. The second-order valence-corrected chi connectivity index (χ2v) is 6.32. The van der Waals surface area contributed by atoms with Crippen LogP contribution in [0.25, 0.3) is 5.65 Å². The lowest BCUT2D eigenvalue weighted by atomic mass is 10.1. The van der Waals surface area contributed by atoms with Gasteiger partial charge in [-0.25, -0.2) is 0 Å². The largest absolute Gasteiger partial charge is 0.362 e. The zero-order chi connectivity index (χ0) is 19.0. The molecule has 0 aliphatic carbocycles. The summed E-state index contributed by atoms with van der Waals surface area (Å²) in [6.45, 7) is 3.97. The Balaban J connectivity index is 1.53. The van der Waals surface area contributed by atoms with Gasteiger partial charge in [-0.15, -0.1) is 15.3 Å². The van der Waals surface area contributed by atoms with Crippen LogP contribution in [0.1, 0.15) is 17.3 Å². The number of carbonyl (C=O) groups is 1. The summed E-state index contributed by atoms with van der Waals surface area (Å²) in [7, 11) is 0. The monoisotopic (exact) mass is 367 g/mol. The van der Waals surface area contributed by atoms with Gasteiger partial charge >= 0.3 is 0 Å². The Labute approximate surface area is 154 Å². The maximum atomic E-state index is 11.5. The van der Waals surface area contributed by atoms with Gasteiger partial charge in [-0.2, -0.15) is 4.52 Å². The Hall–Kier alpha value is -3.56. The molecular weight excluding hydrogens is 350 g/mol. The number of rotatable bonds is 4. The Morgan fingerprint density at radius 2 is 1.85 bits per heavy atom. The average molecular weight is 367 g/mol. The van der Waals surface area contributed by atoms with Crippen LogP contribution in [-0.4, -0.2) is 56.7 Å². The van der Waals surface area contributed by atoms with Gasteiger partial charge in [0.1, 0.15) is 17.8 Å². The number of carbonyl (C=O) groups excluding carboxylic acids is 1. The highest BCUT2D eigenvalue weighted by Gasteiger charge is 2.25. The lowest BCUT2D eigenvalue weighted by molar-refractivity contribution is -0.384. The molecule has 0 unspecified atom stereocenters. The van der Waals surface area contributed by atoms with Gasteiger partial charge in [0.15, 0.2) is 11.4 Å². The lowest BCUT2D eigenvalue weighted by Gasteiger charge is -2.36. The van der Waals surface area contributed by atoms with Crippen molar-refractivity contribution in [1.82, 2.24) is 19.8 Å². The molecule has 0 N–H and O–H groups in total. The molecule has 138 valence electrons. The summed E-state index contributed by atoms with van der Waals surface area (Å²) in [5.41, 5.74) is 1.51. The van der Waals surface area contributed by atoms with E-state index in [1.54, 1.807) is 23.0 Å². The van der Waals surface area contributed by atoms with Gasteiger partial charge < -0.3 is 9.80 Å². The summed E-state index contributed by atoms with van der Waals surface area (Å²) in [4.78, 5) is 26.6. The SMILES string of the molecule is CC(=O)c1ccc(N2CCN(c3ccc4nncn4n3)CC2)c([N+](=O)[O-])c1. The first kappa shape index (κ1) is 16.9. The molecular formula is C17H17N7O3. The first-order chi connectivity index (χ1) is 13.0. The van der Waals surface area contributed by atoms with Crippen molar-refractivity contribution in [3.63, 3.8) is 0 Å². The molecule has 2 aromatic heterocycles. The van der Waals surface area contributed by atoms with Gasteiger partial charge in [0.05, 0.1) is 4.92 Å². The van der Waals surface area contributed by atoms with E-state index >= 15 is 0 Å². The third-order valence-corrected chi connectivity index (χ3v) is 4.67. The van der Waals surface area contributed by atoms with E-state index < -0.39 is 4.92 Å². The molecule has 0 bridgehead atoms. The van der Waals surface area contributed by atoms with Crippen molar-refractivity contribution in [2.45, 2.75) is 6.92 Å². The summed E-state index contributed by atoms with van der Waals surface area (Å²) in [6.07, 6.45) is 1.55. The molecule has 0 radical (unpaired) electrons. The fourth-order valence-corrected chi connectivity index (χ4v) is 3.22. The second-order valence-electron chi connectivity index (χ2n) is 6.32. The summed E-state index contributed by atoms with van der Waals surface area (Å²) < 4.78 is 1.62. The number of piperazine rings is 1. The predicted octanol–water partition coefficient (Wildman–Crippen LogP) is 1.56. The second kappa shape index (κ2) is 6.63. The topological polar surface area (TPSA) is 110 Å². The lowest BCUT2D eigenvalue weighted by Crippen LogP contribution is -2.47. The molecule has 10 nitrogen and oxygen atoms in total. The van der Waals surface area contributed by atoms with Gasteiger partial charge in [-0.3, -0.25) is 14.9 Å². The summed E-state index contributed by atoms with van der Waals surface area (Å²) in [5.74, 6) is 0.619. The Morgan fingerprint density at radius 3 is 2.56 bits per heavy atom. The van der Waals surface area contributed by atoms with Crippen molar-refractivity contribution in [1.29, 1.82) is 0 Å². The molecule has 0 atom stereocenters. The Kier molecular flexibility index (Phi) is 4.15. The van der Waals surface area contributed by atoms with Crippen LogP contribution in [0.15, 0.2) is 36.7 Å². The van der Waals surface area contributed by atoms with Crippen LogP contribution < -0.4 is 9.80 Å². The zero-order valence-corrected chi connectivity index (χ0v) is 14.6. The number of nitrogens with zero attached hydrogens (tertiary/aromatic N) is 7. The molecule has 0 spiro atoms. The van der Waals surface area contributed by atoms with Crippen LogP contribution in [0.2, 0.25) is 0 Å². The quantitative estimate of drug-likeness (QED) is 0.388. The molecule has 0 saturated carbocycles. The molecule has 1 saturated heterocycles. The zero-order valence-electron chi connectivity index (χ0n) is 14.6. The molecule has 27 heavy (non-hydrogen) atoms. The van der Waals surface area contributed by atoms with Crippen LogP contribution in [0.4, 0.5) is 17.2 Å². The smallest absolute Gasteiger partial charge is 0.293 e. The highest BCUT2D eigenvalue weighted by Crippen LogP contribution is 2.30. The van der Waals surface area contributed by atoms with Gasteiger partial charge in [0, 0.05) is 37.8 Å². The first-order valence-electron chi connectivity index (χ1n) is 8.49. The number of anilines is 2. The fraction of sp³-hybridized carbons (Fsp3) is 0.294. The summed E-state index contributed by atoms with van der Waals surface area (Å²) in [5, 5.41) is 23.7. The molecule has 3 heterocycles. The summed E-state index contributed by atoms with van der Waals surface area (Å²) in [6, 6.07) is 8.40. The van der Waals surface area contributed by atoms with Crippen molar-refractivity contribution >= 4 is 28.6 Å². The molecule has 1 aliphatic heterocycles. The molecule has 10 heteroatoms. The number of fused-ring (bicyclic) bond motifs is 1. The predicted molar refractivity (Wildman–Crippen MR) is 98.3 cm³/mol. The number of benzene rings is 1. The number of hydrogen-bond acceptors (Lipinski definition) is 8. The number of hydrogen-bond donors (Lipinski definition) is 0. The minimum atomic E-state index is -0.435. The number of aromatic nitrogens is 4. The minimum absolute atomic E-state index is 0.0415. The van der Waals surface area contributed by atoms with Crippen LogP contribution >= 0.6 is 0 Å². The number of nitro benzene ring substituents is 1. The van der Waals surface area contributed by atoms with Gasteiger partial charge in [-0.1, -0.05) is 0 Å². The van der Waals surface area contributed by atoms with Crippen molar-refractivity contribution in [2.75, 3.05) is 36.0 Å². The number of Topliss-reactive ketones (excluding diaryl/α,β-unsaturated/α-hetero) is 1. The molecule has 0 amide bonds. The normalized spacial score (nSPS) is 14.6. The Bertz CT molecular complexity index is 1020. The van der Waals surface area contributed by atoms with E-state index in [0.717, 1.165) is 5.82 Å². The van der Waals surface area contributed by atoms with E-state index in [1.165, 1.54) is 13.0 Å². The van der Waals surface area contributed by atoms with E-state index in [4.69, 9.17) is 0 Å². The first-order valence-corrected chi connectivity index (χ1v) is 8.49. The molecule has 4 rings (SSSR count). The maximum absolute atomic E-state index is 11.5. The summed E-state index contributed by atoms with van der Waals surface area (Å²) >= 11 is 0. The molecule has 3 aromatic rings. The Morgan fingerprint density at radius 1 is 1.11 bits per heavy atom. The van der Waals surface area contributed by atoms with Crippen LogP contribution in [0.3, 0.4) is 0 Å². The van der Waals surface area contributed by atoms with Crippen LogP contribution in [0.5, 0.6) is 0 Å². The van der Waals surface area contributed by atoms with E-state index in [1.807, 2.05) is 17.0 Å². The maximum Gasteiger partial charge on any atom is 0.293 e. The minimum Gasteiger partial charge on any atom is -0.362 e. The van der Waals surface area contributed by atoms with Crippen molar-refractivity contribution in [3.8, 4) is 0 Å². The van der Waals surface area contributed by atoms with Crippen molar-refractivity contribution in [2.24, 2.45) is 0 Å². The standard InChI is InChI=1S/C17H17N7O3/c1-12(25)13-2-3-14(15(10-13)24(26)27)21-6-8-22(9-7-21)17-5-4-16-19-18-11-23(16)20-17/h2-5,10-11H,6-9H2,1H3. The van der Waals surface area contributed by atoms with Crippen molar-refractivity contribution in [3.05, 3.63) is 52.3 Å². The van der Waals surface area contributed by atoms with E-state index in [9.17, 15) is 14.9 Å². The van der Waals surface area contributed by atoms with Crippen LogP contribution in [-0.2, 0) is 0 Å². The number of nitro groups is 1. The molecule has 1 aliphatic rings. The highest BCUT2D eigenvalue weighted by molar-refractivity contribution is 5.95. The van der Waals surface area contributed by atoms with Gasteiger partial charge in [0.25, 0.3) is 5.69 Å². The van der Waals surface area contributed by atoms with E-state index in [-0.39, 0.29) is 11.5 Å². The van der Waals surface area contributed by atoms with E-state index in [2.05, 4.69) is 20.2 Å². The molecule has 1 fully saturated rings. The van der Waals surface area contributed by atoms with Gasteiger partial charge in [0.2, 0.25) is 0 Å². The fourth-order valence-electron chi connectivity index (χ4n) is 3.22. The van der Waals surface area contributed by atoms with Crippen LogP contribution in [0, 0.1) is 10.1 Å². The highest BCUT2D eigenvalue weighted by atomic mass is 16.6. The third-order valence-electron chi connectivity index (χ3n) is 4.67. The number of ketones is 1.